The second-order valence-corrected chi connectivity index (χ2v) is 7.25. The second kappa shape index (κ2) is 5.40. The standard InChI is InChI=1S/C20H14BrClO/c1-23-15-10-11-17-16-4-2-3-5-18(16)20(21,19(17)12-15)13-6-8-14(22)9-7-13/h2-12H,1H3. The van der Waals surface area contributed by atoms with Crippen molar-refractivity contribution in [2.24, 2.45) is 0 Å². The van der Waals surface area contributed by atoms with Crippen molar-refractivity contribution in [1.82, 2.24) is 0 Å². The molecule has 3 aromatic carbocycles. The Kier molecular flexibility index (Phi) is 3.47. The quantitative estimate of drug-likeness (QED) is 0.490. The fraction of sp³-hybridized carbons (Fsp3) is 0.100. The van der Waals surface area contributed by atoms with Crippen LogP contribution < -0.4 is 4.74 Å². The molecule has 0 fully saturated rings. The maximum Gasteiger partial charge on any atom is 0.119 e. The highest BCUT2D eigenvalue weighted by Gasteiger charge is 2.42. The van der Waals surface area contributed by atoms with E-state index >= 15 is 0 Å². The van der Waals surface area contributed by atoms with E-state index in [1.165, 1.54) is 22.3 Å². The minimum Gasteiger partial charge on any atom is -0.497 e. The van der Waals surface area contributed by atoms with Gasteiger partial charge in [-0.3, -0.25) is 0 Å². The average Bonchev–Trinajstić information content (AvgIpc) is 2.86. The SMILES string of the molecule is COc1ccc2c(c1)C(Br)(c1ccc(Cl)cc1)c1ccccc1-2. The van der Waals surface area contributed by atoms with Crippen molar-refractivity contribution < 1.29 is 4.74 Å². The predicted octanol–water partition coefficient (Wildman–Crippen LogP) is 6.02. The summed E-state index contributed by atoms with van der Waals surface area (Å²) in [7, 11) is 1.70. The molecule has 0 amide bonds. The number of ether oxygens (including phenoxy) is 1. The van der Waals surface area contributed by atoms with E-state index in [2.05, 4.69) is 64.5 Å². The molecule has 0 spiro atoms. The van der Waals surface area contributed by atoms with Crippen molar-refractivity contribution in [3.8, 4) is 16.9 Å². The van der Waals surface area contributed by atoms with Crippen LogP contribution in [0, 0.1) is 0 Å². The molecular formula is C20H14BrClO. The Morgan fingerprint density at radius 3 is 2.30 bits per heavy atom. The summed E-state index contributed by atoms with van der Waals surface area (Å²) >= 11 is 10.1. The highest BCUT2D eigenvalue weighted by Crippen LogP contribution is 2.56. The van der Waals surface area contributed by atoms with Crippen molar-refractivity contribution in [2.45, 2.75) is 4.32 Å². The number of alkyl halides is 1. The largest absolute Gasteiger partial charge is 0.497 e. The van der Waals surface area contributed by atoms with E-state index in [0.29, 0.717) is 0 Å². The summed E-state index contributed by atoms with van der Waals surface area (Å²) in [6, 6.07) is 22.7. The fourth-order valence-electron chi connectivity index (χ4n) is 3.32. The van der Waals surface area contributed by atoms with Crippen molar-refractivity contribution in [3.05, 3.63) is 88.4 Å². The Labute approximate surface area is 149 Å². The lowest BCUT2D eigenvalue weighted by atomic mass is 9.89. The minimum absolute atomic E-state index is 0.391. The van der Waals surface area contributed by atoms with E-state index in [1.807, 2.05) is 18.2 Å². The van der Waals surface area contributed by atoms with Crippen LogP contribution in [-0.2, 0) is 4.32 Å². The zero-order valence-corrected chi connectivity index (χ0v) is 14.9. The monoisotopic (exact) mass is 384 g/mol. The molecule has 1 aliphatic rings. The zero-order valence-electron chi connectivity index (χ0n) is 12.5. The molecule has 1 aliphatic carbocycles. The van der Waals surface area contributed by atoms with E-state index in [4.69, 9.17) is 16.3 Å². The van der Waals surface area contributed by atoms with Crippen LogP contribution in [0.5, 0.6) is 5.75 Å². The van der Waals surface area contributed by atoms with Gasteiger partial charge in [-0.25, -0.2) is 0 Å². The van der Waals surface area contributed by atoms with Crippen LogP contribution in [0.15, 0.2) is 66.7 Å². The molecule has 1 unspecified atom stereocenters. The lowest BCUT2D eigenvalue weighted by molar-refractivity contribution is 0.414. The molecule has 0 aromatic heterocycles. The molecule has 0 bridgehead atoms. The van der Waals surface area contributed by atoms with Gasteiger partial charge in [0, 0.05) is 5.02 Å². The van der Waals surface area contributed by atoms with Gasteiger partial charge in [0.1, 0.15) is 10.1 Å². The predicted molar refractivity (Wildman–Crippen MR) is 98.7 cm³/mol. The number of hydrogen-bond acceptors (Lipinski definition) is 1. The van der Waals surface area contributed by atoms with E-state index in [0.717, 1.165) is 16.3 Å². The molecule has 0 heterocycles. The minimum atomic E-state index is -0.391. The third-order valence-corrected chi connectivity index (χ3v) is 5.99. The van der Waals surface area contributed by atoms with Gasteiger partial charge >= 0.3 is 0 Å². The van der Waals surface area contributed by atoms with Crippen LogP contribution in [0.25, 0.3) is 11.1 Å². The third kappa shape index (κ3) is 2.13. The highest BCUT2D eigenvalue weighted by molar-refractivity contribution is 9.10. The first-order chi connectivity index (χ1) is 11.1. The molecule has 1 atom stereocenters. The molecule has 1 nitrogen and oxygen atoms in total. The van der Waals surface area contributed by atoms with Crippen molar-refractivity contribution in [1.29, 1.82) is 0 Å². The van der Waals surface area contributed by atoms with Gasteiger partial charge in [-0.2, -0.15) is 0 Å². The lowest BCUT2D eigenvalue weighted by Gasteiger charge is -2.26. The summed E-state index contributed by atoms with van der Waals surface area (Å²) in [6.07, 6.45) is 0. The normalized spacial score (nSPS) is 18.4. The van der Waals surface area contributed by atoms with E-state index in [-0.39, 0.29) is 0 Å². The Bertz CT molecular complexity index is 888. The average molecular weight is 386 g/mol. The number of fused-ring (bicyclic) bond motifs is 3. The topological polar surface area (TPSA) is 9.23 Å². The molecule has 3 aromatic rings. The maximum atomic E-state index is 6.08. The smallest absolute Gasteiger partial charge is 0.119 e. The van der Waals surface area contributed by atoms with Crippen molar-refractivity contribution >= 4 is 27.5 Å². The Morgan fingerprint density at radius 1 is 0.870 bits per heavy atom. The zero-order chi connectivity index (χ0) is 16.0. The molecule has 114 valence electrons. The lowest BCUT2D eigenvalue weighted by Crippen LogP contribution is -2.18. The number of methoxy groups -OCH3 is 1. The first kappa shape index (κ1) is 14.8. The molecule has 4 rings (SSSR count). The fourth-order valence-corrected chi connectivity index (χ4v) is 4.39. The number of rotatable bonds is 2. The van der Waals surface area contributed by atoms with Crippen LogP contribution >= 0.6 is 27.5 Å². The summed E-state index contributed by atoms with van der Waals surface area (Å²) in [5.41, 5.74) is 6.07. The van der Waals surface area contributed by atoms with Crippen LogP contribution in [0.3, 0.4) is 0 Å². The summed E-state index contributed by atoms with van der Waals surface area (Å²) in [5, 5.41) is 0.738. The molecule has 3 heteroatoms. The second-order valence-electron chi connectivity index (χ2n) is 5.62. The Morgan fingerprint density at radius 2 is 1.57 bits per heavy atom. The highest BCUT2D eigenvalue weighted by atomic mass is 79.9. The van der Waals surface area contributed by atoms with Gasteiger partial charge in [-0.15, -0.1) is 0 Å². The van der Waals surface area contributed by atoms with Gasteiger partial charge < -0.3 is 4.74 Å². The van der Waals surface area contributed by atoms with Crippen LogP contribution in [0.1, 0.15) is 16.7 Å². The van der Waals surface area contributed by atoms with Gasteiger partial charge in [0.05, 0.1) is 7.11 Å². The molecule has 0 N–H and O–H groups in total. The summed E-state index contributed by atoms with van der Waals surface area (Å²) in [4.78, 5) is 0. The summed E-state index contributed by atoms with van der Waals surface area (Å²) in [6.45, 7) is 0. The first-order valence-electron chi connectivity index (χ1n) is 7.38. The van der Waals surface area contributed by atoms with Crippen LogP contribution in [0.2, 0.25) is 5.02 Å². The van der Waals surface area contributed by atoms with Gasteiger partial charge in [-0.1, -0.05) is 70.0 Å². The van der Waals surface area contributed by atoms with Crippen LogP contribution in [-0.4, -0.2) is 7.11 Å². The van der Waals surface area contributed by atoms with Gasteiger partial charge in [0.25, 0.3) is 0 Å². The third-order valence-electron chi connectivity index (χ3n) is 4.43. The first-order valence-corrected chi connectivity index (χ1v) is 8.55. The Balaban J connectivity index is 2.04. The van der Waals surface area contributed by atoms with E-state index < -0.39 is 4.32 Å². The van der Waals surface area contributed by atoms with Crippen molar-refractivity contribution in [3.63, 3.8) is 0 Å². The summed E-state index contributed by atoms with van der Waals surface area (Å²) < 4.78 is 5.05. The molecular weight excluding hydrogens is 372 g/mol. The number of hydrogen-bond donors (Lipinski definition) is 0. The molecule has 0 saturated heterocycles. The van der Waals surface area contributed by atoms with E-state index in [1.54, 1.807) is 7.11 Å². The number of benzene rings is 3. The maximum absolute atomic E-state index is 6.08. The van der Waals surface area contributed by atoms with Crippen LogP contribution in [0.4, 0.5) is 0 Å². The van der Waals surface area contributed by atoms with Gasteiger partial charge in [0.15, 0.2) is 0 Å². The van der Waals surface area contributed by atoms with Gasteiger partial charge in [-0.05, 0) is 52.1 Å². The molecule has 0 saturated carbocycles. The van der Waals surface area contributed by atoms with Gasteiger partial charge in [0.2, 0.25) is 0 Å². The number of halogens is 2. The van der Waals surface area contributed by atoms with E-state index in [9.17, 15) is 0 Å². The summed E-state index contributed by atoms with van der Waals surface area (Å²) in [5.74, 6) is 0.856. The Hall–Kier alpha value is -1.77. The van der Waals surface area contributed by atoms with Crippen molar-refractivity contribution in [2.75, 3.05) is 7.11 Å². The molecule has 23 heavy (non-hydrogen) atoms. The molecule has 0 aliphatic heterocycles. The molecule has 0 radical (unpaired) electrons.